The molecule has 0 aliphatic heterocycles. The standard InChI is InChI=1S/C21H19F2N3O/c1-21(2)10-15-18(16(27)11-21)20(25-14-5-3-4-13(22)9-14)19(26-15)12-6-7-24-17(23)8-12/h3-9,25-26H,10-11H2,1-2H3. The summed E-state index contributed by atoms with van der Waals surface area (Å²) in [6.07, 6.45) is 2.49. The van der Waals surface area contributed by atoms with Crippen molar-refractivity contribution in [2.45, 2.75) is 26.7 Å². The minimum absolute atomic E-state index is 0.0113. The number of carbonyl (C=O) groups excluding carboxylic acids is 1. The van der Waals surface area contributed by atoms with E-state index in [4.69, 9.17) is 0 Å². The van der Waals surface area contributed by atoms with Crippen LogP contribution in [-0.2, 0) is 6.42 Å². The number of ketones is 1. The van der Waals surface area contributed by atoms with Crippen molar-refractivity contribution < 1.29 is 13.6 Å². The summed E-state index contributed by atoms with van der Waals surface area (Å²) in [6.45, 7) is 4.08. The molecular weight excluding hydrogens is 348 g/mol. The number of H-pyrrole nitrogens is 1. The summed E-state index contributed by atoms with van der Waals surface area (Å²) in [5.41, 5.74) is 3.43. The number of aromatic amines is 1. The smallest absolute Gasteiger partial charge is 0.213 e. The number of halogens is 2. The van der Waals surface area contributed by atoms with Crippen LogP contribution in [0.1, 0.15) is 36.3 Å². The van der Waals surface area contributed by atoms with Crippen molar-refractivity contribution in [1.29, 1.82) is 0 Å². The molecule has 0 spiro atoms. The molecule has 0 saturated carbocycles. The molecule has 2 aromatic heterocycles. The third-order valence-corrected chi connectivity index (χ3v) is 4.76. The highest BCUT2D eigenvalue weighted by Crippen LogP contribution is 2.43. The van der Waals surface area contributed by atoms with Gasteiger partial charge in [-0.15, -0.1) is 0 Å². The molecule has 2 N–H and O–H groups in total. The molecule has 4 nitrogen and oxygen atoms in total. The minimum atomic E-state index is -0.608. The number of anilines is 2. The van der Waals surface area contributed by atoms with E-state index in [0.717, 1.165) is 5.69 Å². The number of Topliss-reactive ketones (excluding diaryl/α,β-unsaturated/α-hetero) is 1. The van der Waals surface area contributed by atoms with E-state index in [9.17, 15) is 13.6 Å². The maximum atomic E-state index is 13.7. The number of hydrogen-bond acceptors (Lipinski definition) is 3. The van der Waals surface area contributed by atoms with Gasteiger partial charge in [0.25, 0.3) is 0 Å². The quantitative estimate of drug-likeness (QED) is 0.621. The van der Waals surface area contributed by atoms with Crippen LogP contribution in [0.2, 0.25) is 0 Å². The van der Waals surface area contributed by atoms with Crippen LogP contribution in [0.25, 0.3) is 11.3 Å². The second kappa shape index (κ2) is 6.30. The highest BCUT2D eigenvalue weighted by atomic mass is 19.1. The normalized spacial score (nSPS) is 15.5. The molecule has 27 heavy (non-hydrogen) atoms. The third-order valence-electron chi connectivity index (χ3n) is 4.76. The van der Waals surface area contributed by atoms with Crippen LogP contribution in [0.3, 0.4) is 0 Å². The van der Waals surface area contributed by atoms with Gasteiger partial charge in [-0.3, -0.25) is 4.79 Å². The lowest BCUT2D eigenvalue weighted by Gasteiger charge is -2.28. The van der Waals surface area contributed by atoms with Gasteiger partial charge in [0.1, 0.15) is 5.82 Å². The molecule has 0 unspecified atom stereocenters. The number of benzene rings is 1. The molecule has 1 aliphatic carbocycles. The number of rotatable bonds is 3. The van der Waals surface area contributed by atoms with Crippen molar-refractivity contribution in [3.05, 3.63) is 65.6 Å². The molecular formula is C21H19F2N3O. The average Bonchev–Trinajstić information content (AvgIpc) is 2.92. The van der Waals surface area contributed by atoms with E-state index >= 15 is 0 Å². The molecule has 0 amide bonds. The van der Waals surface area contributed by atoms with Crippen LogP contribution in [0, 0.1) is 17.2 Å². The van der Waals surface area contributed by atoms with Crippen molar-refractivity contribution in [3.63, 3.8) is 0 Å². The highest BCUT2D eigenvalue weighted by molar-refractivity contribution is 6.07. The van der Waals surface area contributed by atoms with Crippen LogP contribution in [0.4, 0.5) is 20.2 Å². The first-order valence-electron chi connectivity index (χ1n) is 8.75. The Morgan fingerprint density at radius 3 is 2.70 bits per heavy atom. The van der Waals surface area contributed by atoms with Crippen LogP contribution < -0.4 is 5.32 Å². The predicted molar refractivity (Wildman–Crippen MR) is 100 cm³/mol. The van der Waals surface area contributed by atoms with Gasteiger partial charge in [-0.2, -0.15) is 4.39 Å². The Labute approximate surface area is 155 Å². The first kappa shape index (κ1) is 17.4. The summed E-state index contributed by atoms with van der Waals surface area (Å²) >= 11 is 0. The number of aromatic nitrogens is 2. The maximum absolute atomic E-state index is 13.7. The van der Waals surface area contributed by atoms with Crippen molar-refractivity contribution in [3.8, 4) is 11.3 Å². The first-order chi connectivity index (χ1) is 12.8. The SMILES string of the molecule is CC1(C)CC(=O)c2c([nH]c(-c3ccnc(F)c3)c2Nc2cccc(F)c2)C1. The topological polar surface area (TPSA) is 57.8 Å². The van der Waals surface area contributed by atoms with E-state index in [-0.39, 0.29) is 17.0 Å². The fourth-order valence-electron chi connectivity index (χ4n) is 3.67. The lowest BCUT2D eigenvalue weighted by Crippen LogP contribution is -2.26. The Kier molecular flexibility index (Phi) is 4.06. The van der Waals surface area contributed by atoms with Gasteiger partial charge in [-0.1, -0.05) is 19.9 Å². The van der Waals surface area contributed by atoms with Gasteiger partial charge >= 0.3 is 0 Å². The predicted octanol–water partition coefficient (Wildman–Crippen LogP) is 5.25. The maximum Gasteiger partial charge on any atom is 0.213 e. The molecule has 0 atom stereocenters. The second-order valence-corrected chi connectivity index (χ2v) is 7.67. The summed E-state index contributed by atoms with van der Waals surface area (Å²) in [6, 6.07) is 9.00. The molecule has 6 heteroatoms. The Hall–Kier alpha value is -3.02. The number of fused-ring (bicyclic) bond motifs is 1. The fourth-order valence-corrected chi connectivity index (χ4v) is 3.67. The third kappa shape index (κ3) is 3.35. The van der Waals surface area contributed by atoms with Crippen molar-refractivity contribution >= 4 is 17.2 Å². The van der Waals surface area contributed by atoms with Crippen molar-refractivity contribution in [2.75, 3.05) is 5.32 Å². The zero-order valence-electron chi connectivity index (χ0n) is 15.1. The van der Waals surface area contributed by atoms with Crippen LogP contribution >= 0.6 is 0 Å². The zero-order valence-corrected chi connectivity index (χ0v) is 15.1. The second-order valence-electron chi connectivity index (χ2n) is 7.67. The van der Waals surface area contributed by atoms with E-state index in [1.807, 2.05) is 13.8 Å². The monoisotopic (exact) mass is 367 g/mol. The van der Waals surface area contributed by atoms with E-state index in [1.54, 1.807) is 18.2 Å². The largest absolute Gasteiger partial charge is 0.356 e. The summed E-state index contributed by atoms with van der Waals surface area (Å²) in [7, 11) is 0. The Balaban J connectivity index is 1.89. The van der Waals surface area contributed by atoms with Crippen molar-refractivity contribution in [1.82, 2.24) is 9.97 Å². The summed E-state index contributed by atoms with van der Waals surface area (Å²) in [4.78, 5) is 19.8. The molecule has 4 rings (SSSR count). The lowest BCUT2D eigenvalue weighted by molar-refractivity contribution is 0.0912. The molecule has 138 valence electrons. The zero-order chi connectivity index (χ0) is 19.2. The van der Waals surface area contributed by atoms with E-state index in [2.05, 4.69) is 15.3 Å². The number of nitrogens with one attached hydrogen (secondary N) is 2. The lowest BCUT2D eigenvalue weighted by atomic mass is 9.76. The minimum Gasteiger partial charge on any atom is -0.356 e. The van der Waals surface area contributed by atoms with Gasteiger partial charge < -0.3 is 10.3 Å². The molecule has 0 fully saturated rings. The molecule has 0 radical (unpaired) electrons. The Morgan fingerprint density at radius 1 is 1.15 bits per heavy atom. The van der Waals surface area contributed by atoms with Gasteiger partial charge in [0.05, 0.1) is 16.9 Å². The molecule has 2 heterocycles. The van der Waals surface area contributed by atoms with Gasteiger partial charge in [0, 0.05) is 35.6 Å². The average molecular weight is 367 g/mol. The molecule has 1 aromatic carbocycles. The molecule has 1 aliphatic rings. The molecule has 0 bridgehead atoms. The van der Waals surface area contributed by atoms with Crippen LogP contribution in [0.5, 0.6) is 0 Å². The fraction of sp³-hybridized carbons (Fsp3) is 0.238. The number of carbonyl (C=O) groups is 1. The highest BCUT2D eigenvalue weighted by Gasteiger charge is 2.35. The summed E-state index contributed by atoms with van der Waals surface area (Å²) in [5.74, 6) is -0.978. The van der Waals surface area contributed by atoms with Gasteiger partial charge in [0.2, 0.25) is 5.95 Å². The van der Waals surface area contributed by atoms with E-state index in [1.165, 1.54) is 24.4 Å². The van der Waals surface area contributed by atoms with Gasteiger partial charge in [-0.25, -0.2) is 9.37 Å². The first-order valence-corrected chi connectivity index (χ1v) is 8.75. The van der Waals surface area contributed by atoms with Crippen molar-refractivity contribution in [2.24, 2.45) is 5.41 Å². The van der Waals surface area contributed by atoms with Crippen LogP contribution in [-0.4, -0.2) is 15.8 Å². The van der Waals surface area contributed by atoms with Gasteiger partial charge in [0.15, 0.2) is 5.78 Å². The molecule has 3 aromatic rings. The van der Waals surface area contributed by atoms with E-state index in [0.29, 0.717) is 41.0 Å². The number of nitrogens with zero attached hydrogens (tertiary/aromatic N) is 1. The van der Waals surface area contributed by atoms with Crippen LogP contribution in [0.15, 0.2) is 42.6 Å². The molecule has 0 saturated heterocycles. The van der Waals surface area contributed by atoms with Gasteiger partial charge in [-0.05, 0) is 36.1 Å². The number of hydrogen-bond donors (Lipinski definition) is 2. The Morgan fingerprint density at radius 2 is 1.96 bits per heavy atom. The summed E-state index contributed by atoms with van der Waals surface area (Å²) < 4.78 is 27.3. The number of pyridine rings is 1. The van der Waals surface area contributed by atoms with E-state index < -0.39 is 5.95 Å². The Bertz CT molecular complexity index is 1040. The summed E-state index contributed by atoms with van der Waals surface area (Å²) in [5, 5.41) is 3.16.